The lowest BCUT2D eigenvalue weighted by molar-refractivity contribution is 0.571. The molecule has 0 atom stereocenters. The first-order valence-corrected chi connectivity index (χ1v) is 10.6. The van der Waals surface area contributed by atoms with Crippen molar-refractivity contribution < 1.29 is 12.8 Å². The Labute approximate surface area is 158 Å². The van der Waals surface area contributed by atoms with Crippen molar-refractivity contribution in [3.63, 3.8) is 0 Å². The summed E-state index contributed by atoms with van der Waals surface area (Å²) in [5.41, 5.74) is 2.16. The Balaban J connectivity index is 1.98. The van der Waals surface area contributed by atoms with E-state index >= 15 is 0 Å². The van der Waals surface area contributed by atoms with Crippen LogP contribution in [-0.2, 0) is 9.84 Å². The molecule has 3 aromatic rings. The number of halogens is 1. The second kappa shape index (κ2) is 6.93. The second-order valence-electron chi connectivity index (χ2n) is 7.00. The van der Waals surface area contributed by atoms with Crippen molar-refractivity contribution in [1.82, 2.24) is 4.98 Å². The van der Waals surface area contributed by atoms with E-state index in [1.807, 2.05) is 6.92 Å². The maximum atomic E-state index is 14.0. The Morgan fingerprint density at radius 3 is 2.41 bits per heavy atom. The molecule has 4 rings (SSSR count). The van der Waals surface area contributed by atoms with Crippen molar-refractivity contribution in [3.05, 3.63) is 60.0 Å². The van der Waals surface area contributed by atoms with Crippen LogP contribution in [0, 0.1) is 12.7 Å². The van der Waals surface area contributed by atoms with E-state index in [9.17, 15) is 12.8 Å². The molecule has 6 heteroatoms. The van der Waals surface area contributed by atoms with Crippen LogP contribution in [0.1, 0.15) is 24.8 Å². The molecule has 4 nitrogen and oxygen atoms in total. The maximum absolute atomic E-state index is 14.0. The lowest BCUT2D eigenvalue weighted by atomic mass is 10.1. The zero-order valence-corrected chi connectivity index (χ0v) is 16.0. The van der Waals surface area contributed by atoms with Gasteiger partial charge in [-0.25, -0.2) is 12.8 Å². The highest BCUT2D eigenvalue weighted by Gasteiger charge is 2.27. The van der Waals surface area contributed by atoms with Gasteiger partial charge in [0.2, 0.25) is 9.84 Å². The van der Waals surface area contributed by atoms with Crippen LogP contribution >= 0.6 is 0 Å². The number of aromatic nitrogens is 1. The molecule has 0 radical (unpaired) electrons. The predicted octanol–water partition coefficient (Wildman–Crippen LogP) is 4.51. The smallest absolute Gasteiger partial charge is 0.210 e. The zero-order chi connectivity index (χ0) is 19.0. The number of hydrogen-bond acceptors (Lipinski definition) is 4. The van der Waals surface area contributed by atoms with Crippen LogP contribution in [0.5, 0.6) is 0 Å². The Morgan fingerprint density at radius 2 is 1.70 bits per heavy atom. The van der Waals surface area contributed by atoms with Gasteiger partial charge in [-0.05, 0) is 56.5 Å². The van der Waals surface area contributed by atoms with Crippen LogP contribution in [0.3, 0.4) is 0 Å². The van der Waals surface area contributed by atoms with E-state index in [4.69, 9.17) is 0 Å². The fraction of sp³-hybridized carbons (Fsp3) is 0.286. The molecule has 1 aliphatic heterocycles. The summed E-state index contributed by atoms with van der Waals surface area (Å²) in [5.74, 6) is -0.396. The summed E-state index contributed by atoms with van der Waals surface area (Å²) in [5, 5.41) is 0.546. The summed E-state index contributed by atoms with van der Waals surface area (Å²) in [7, 11) is -3.77. The summed E-state index contributed by atoms with van der Waals surface area (Å²) in [6.45, 7) is 3.42. The number of piperidine rings is 1. The standard InChI is InChI=1S/C21H21FN2O2S/c1-15-5-8-17(9-6-15)27(25,26)20-14-23-19-10-7-16(22)13-18(19)21(20)24-11-3-2-4-12-24/h5-10,13-14H,2-4,11-12H2,1H3. The summed E-state index contributed by atoms with van der Waals surface area (Å²) in [4.78, 5) is 6.75. The van der Waals surface area contributed by atoms with Crippen molar-refractivity contribution in [1.29, 1.82) is 0 Å². The number of anilines is 1. The van der Waals surface area contributed by atoms with Crippen molar-refractivity contribution >= 4 is 26.4 Å². The molecule has 0 unspecified atom stereocenters. The SMILES string of the molecule is Cc1ccc(S(=O)(=O)c2cnc3ccc(F)cc3c2N2CCCCC2)cc1. The Hall–Kier alpha value is -2.47. The van der Waals surface area contributed by atoms with Crippen LogP contribution in [0.25, 0.3) is 10.9 Å². The number of nitrogens with zero attached hydrogens (tertiary/aromatic N) is 2. The first-order chi connectivity index (χ1) is 13.0. The Kier molecular flexibility index (Phi) is 4.60. The van der Waals surface area contributed by atoms with Gasteiger partial charge in [0.25, 0.3) is 0 Å². The third kappa shape index (κ3) is 3.30. The van der Waals surface area contributed by atoms with Gasteiger partial charge in [-0.15, -0.1) is 0 Å². The molecule has 1 aromatic heterocycles. The molecule has 1 fully saturated rings. The number of benzene rings is 2. The van der Waals surface area contributed by atoms with E-state index in [1.54, 1.807) is 30.3 Å². The zero-order valence-electron chi connectivity index (χ0n) is 15.2. The maximum Gasteiger partial charge on any atom is 0.210 e. The van der Waals surface area contributed by atoms with Gasteiger partial charge in [0, 0.05) is 24.7 Å². The quantitative estimate of drug-likeness (QED) is 0.667. The van der Waals surface area contributed by atoms with Crippen LogP contribution in [-0.4, -0.2) is 26.5 Å². The highest BCUT2D eigenvalue weighted by atomic mass is 32.2. The van der Waals surface area contributed by atoms with Crippen molar-refractivity contribution in [2.75, 3.05) is 18.0 Å². The van der Waals surface area contributed by atoms with Crippen LogP contribution in [0.4, 0.5) is 10.1 Å². The molecule has 2 aromatic carbocycles. The van der Waals surface area contributed by atoms with Gasteiger partial charge in [-0.1, -0.05) is 17.7 Å². The summed E-state index contributed by atoms with van der Waals surface area (Å²) in [6, 6.07) is 11.1. The number of aryl methyl sites for hydroxylation is 1. The predicted molar refractivity (Wildman–Crippen MR) is 104 cm³/mol. The van der Waals surface area contributed by atoms with E-state index < -0.39 is 15.7 Å². The normalized spacial score (nSPS) is 15.3. The second-order valence-corrected chi connectivity index (χ2v) is 8.91. The lowest BCUT2D eigenvalue weighted by Gasteiger charge is -2.31. The monoisotopic (exact) mass is 384 g/mol. The molecule has 1 aliphatic rings. The van der Waals surface area contributed by atoms with Gasteiger partial charge in [0.1, 0.15) is 10.7 Å². The van der Waals surface area contributed by atoms with Crippen molar-refractivity contribution in [2.24, 2.45) is 0 Å². The van der Waals surface area contributed by atoms with Crippen molar-refractivity contribution in [2.45, 2.75) is 36.0 Å². The highest BCUT2D eigenvalue weighted by Crippen LogP contribution is 2.37. The van der Waals surface area contributed by atoms with Gasteiger partial charge >= 0.3 is 0 Å². The minimum Gasteiger partial charge on any atom is -0.370 e. The van der Waals surface area contributed by atoms with E-state index in [0.29, 0.717) is 16.6 Å². The third-order valence-electron chi connectivity index (χ3n) is 5.06. The number of hydrogen-bond donors (Lipinski definition) is 0. The topological polar surface area (TPSA) is 50.3 Å². The molecule has 0 bridgehead atoms. The van der Waals surface area contributed by atoms with E-state index in [0.717, 1.165) is 37.9 Å². The van der Waals surface area contributed by atoms with Gasteiger partial charge in [0.05, 0.1) is 16.1 Å². The molecule has 27 heavy (non-hydrogen) atoms. The molecule has 0 amide bonds. The Bertz CT molecular complexity index is 1090. The molecule has 2 heterocycles. The number of fused-ring (bicyclic) bond motifs is 1. The molecule has 0 aliphatic carbocycles. The molecule has 0 spiro atoms. The van der Waals surface area contributed by atoms with Crippen molar-refractivity contribution in [3.8, 4) is 0 Å². The molecular weight excluding hydrogens is 363 g/mol. The number of rotatable bonds is 3. The van der Waals surface area contributed by atoms with Crippen LogP contribution in [0.15, 0.2) is 58.5 Å². The van der Waals surface area contributed by atoms with Crippen LogP contribution < -0.4 is 4.90 Å². The average Bonchev–Trinajstić information content (AvgIpc) is 2.68. The number of sulfone groups is 1. The summed E-state index contributed by atoms with van der Waals surface area (Å²) < 4.78 is 40.7. The van der Waals surface area contributed by atoms with E-state index in [1.165, 1.54) is 18.3 Å². The molecule has 1 saturated heterocycles. The minimum atomic E-state index is -3.77. The van der Waals surface area contributed by atoms with Gasteiger partial charge < -0.3 is 4.90 Å². The van der Waals surface area contributed by atoms with E-state index in [-0.39, 0.29) is 9.79 Å². The molecule has 0 saturated carbocycles. The Morgan fingerprint density at radius 1 is 1.00 bits per heavy atom. The average molecular weight is 384 g/mol. The van der Waals surface area contributed by atoms with Gasteiger partial charge in [-0.2, -0.15) is 0 Å². The lowest BCUT2D eigenvalue weighted by Crippen LogP contribution is -2.31. The first kappa shape index (κ1) is 17.9. The highest BCUT2D eigenvalue weighted by molar-refractivity contribution is 7.91. The summed E-state index contributed by atoms with van der Waals surface area (Å²) in [6.07, 6.45) is 4.51. The first-order valence-electron chi connectivity index (χ1n) is 9.12. The molecule has 140 valence electrons. The van der Waals surface area contributed by atoms with Gasteiger partial charge in [0.15, 0.2) is 0 Å². The third-order valence-corrected chi connectivity index (χ3v) is 6.83. The van der Waals surface area contributed by atoms with Crippen LogP contribution in [0.2, 0.25) is 0 Å². The van der Waals surface area contributed by atoms with E-state index in [2.05, 4.69) is 9.88 Å². The largest absolute Gasteiger partial charge is 0.370 e. The fourth-order valence-electron chi connectivity index (χ4n) is 3.62. The minimum absolute atomic E-state index is 0.145. The number of pyridine rings is 1. The van der Waals surface area contributed by atoms with Gasteiger partial charge in [-0.3, -0.25) is 4.98 Å². The molecular formula is C21H21FN2O2S. The summed E-state index contributed by atoms with van der Waals surface area (Å²) >= 11 is 0. The fourth-order valence-corrected chi connectivity index (χ4v) is 5.05. The molecule has 0 N–H and O–H groups in total.